The van der Waals surface area contributed by atoms with Crippen LogP contribution in [0.2, 0.25) is 0 Å². The van der Waals surface area contributed by atoms with Crippen molar-refractivity contribution in [3.63, 3.8) is 0 Å². The van der Waals surface area contributed by atoms with E-state index in [4.69, 9.17) is 4.42 Å². The number of phenolic OH excluding ortho intramolecular Hbond substituents is 3. The summed E-state index contributed by atoms with van der Waals surface area (Å²) in [6, 6.07) is 6.77. The van der Waals surface area contributed by atoms with E-state index in [2.05, 4.69) is 0 Å². The molecule has 5 nitrogen and oxygen atoms in total. The molecule has 0 aliphatic heterocycles. The van der Waals surface area contributed by atoms with Crippen molar-refractivity contribution in [2.45, 2.75) is 0 Å². The molecule has 0 bridgehead atoms. The molecule has 3 aromatic rings. The van der Waals surface area contributed by atoms with Crippen molar-refractivity contribution in [1.82, 2.24) is 0 Å². The topological polar surface area (TPSA) is 90.9 Å². The Balaban J connectivity index is 2.62. The molecule has 0 amide bonds. The minimum Gasteiger partial charge on any atom is -0.508 e. The molecule has 0 atom stereocenters. The van der Waals surface area contributed by atoms with Gasteiger partial charge in [0, 0.05) is 0 Å². The number of hydrogen-bond donors (Lipinski definition) is 3. The lowest BCUT2D eigenvalue weighted by Gasteiger charge is -2.04. The fourth-order valence-corrected chi connectivity index (χ4v) is 1.90. The fourth-order valence-electron chi connectivity index (χ4n) is 1.90. The van der Waals surface area contributed by atoms with Gasteiger partial charge in [-0.15, -0.1) is 0 Å². The van der Waals surface area contributed by atoms with E-state index in [1.807, 2.05) is 0 Å². The number of phenols is 3. The van der Waals surface area contributed by atoms with E-state index in [9.17, 15) is 20.1 Å². The second kappa shape index (κ2) is 3.40. The van der Waals surface area contributed by atoms with Crippen LogP contribution < -0.4 is 5.43 Å². The van der Waals surface area contributed by atoms with Gasteiger partial charge in [-0.25, -0.2) is 0 Å². The van der Waals surface area contributed by atoms with E-state index in [1.165, 1.54) is 30.3 Å². The molecule has 0 radical (unpaired) electrons. The van der Waals surface area contributed by atoms with Crippen LogP contribution in [0.1, 0.15) is 0 Å². The van der Waals surface area contributed by atoms with Crippen molar-refractivity contribution in [2.24, 2.45) is 0 Å². The van der Waals surface area contributed by atoms with E-state index in [0.717, 1.165) is 0 Å². The average Bonchev–Trinajstić information content (AvgIpc) is 2.35. The summed E-state index contributed by atoms with van der Waals surface area (Å²) in [7, 11) is 0. The second-order valence-electron chi connectivity index (χ2n) is 3.92. The molecule has 0 saturated heterocycles. The summed E-state index contributed by atoms with van der Waals surface area (Å²) in [5.74, 6) is -0.991. The lowest BCUT2D eigenvalue weighted by molar-refractivity contribution is 0.407. The fraction of sp³-hybridized carbons (Fsp3) is 0. The van der Waals surface area contributed by atoms with Crippen molar-refractivity contribution in [1.29, 1.82) is 0 Å². The Labute approximate surface area is 100 Å². The molecular weight excluding hydrogens is 236 g/mol. The lowest BCUT2D eigenvalue weighted by Crippen LogP contribution is -2.02. The largest absolute Gasteiger partial charge is 0.508 e. The molecule has 0 aliphatic rings. The van der Waals surface area contributed by atoms with Crippen molar-refractivity contribution >= 4 is 21.9 Å². The summed E-state index contributed by atoms with van der Waals surface area (Å²) in [5, 5.41) is 28.5. The molecule has 1 aromatic heterocycles. The Morgan fingerprint density at radius 3 is 2.44 bits per heavy atom. The standard InChI is InChI=1S/C13H8O5/c14-6-1-3-9-7(5-6)12(16)11-10(18-9)4-2-8(15)13(11)17/h1-5,14-15,17H. The van der Waals surface area contributed by atoms with Gasteiger partial charge < -0.3 is 19.7 Å². The Hall–Kier alpha value is -2.69. The number of hydrogen-bond acceptors (Lipinski definition) is 5. The highest BCUT2D eigenvalue weighted by atomic mass is 16.3. The van der Waals surface area contributed by atoms with Crippen molar-refractivity contribution in [3.05, 3.63) is 40.6 Å². The van der Waals surface area contributed by atoms with E-state index in [0.29, 0.717) is 5.58 Å². The van der Waals surface area contributed by atoms with Gasteiger partial charge in [0.05, 0.1) is 5.39 Å². The minimum absolute atomic E-state index is 0.0752. The molecule has 5 heteroatoms. The number of aromatic hydroxyl groups is 3. The van der Waals surface area contributed by atoms with Crippen LogP contribution in [0, 0.1) is 0 Å². The van der Waals surface area contributed by atoms with Crippen LogP contribution in [0.15, 0.2) is 39.5 Å². The highest BCUT2D eigenvalue weighted by molar-refractivity contribution is 5.94. The minimum atomic E-state index is -0.522. The third-order valence-corrected chi connectivity index (χ3v) is 2.77. The molecule has 2 aromatic carbocycles. The quantitative estimate of drug-likeness (QED) is 0.416. The zero-order chi connectivity index (χ0) is 12.9. The average molecular weight is 244 g/mol. The molecule has 0 spiro atoms. The van der Waals surface area contributed by atoms with E-state index >= 15 is 0 Å². The molecule has 3 rings (SSSR count). The van der Waals surface area contributed by atoms with Gasteiger partial charge in [-0.3, -0.25) is 4.79 Å². The Kier molecular flexibility index (Phi) is 1.98. The number of fused-ring (bicyclic) bond motifs is 2. The van der Waals surface area contributed by atoms with Gasteiger partial charge in [0.25, 0.3) is 0 Å². The van der Waals surface area contributed by atoms with Gasteiger partial charge in [-0.05, 0) is 30.3 Å². The van der Waals surface area contributed by atoms with E-state index in [1.54, 1.807) is 0 Å². The maximum atomic E-state index is 12.2. The SMILES string of the molecule is O=c1c2cc(O)ccc2oc2ccc(O)c(O)c12. The van der Waals surface area contributed by atoms with Crippen LogP contribution >= 0.6 is 0 Å². The molecular formula is C13H8O5. The van der Waals surface area contributed by atoms with Crippen LogP contribution in [0.4, 0.5) is 0 Å². The predicted octanol–water partition coefficient (Wildman–Crippen LogP) is 2.06. The molecule has 0 aliphatic carbocycles. The zero-order valence-electron chi connectivity index (χ0n) is 9.04. The first-order valence-corrected chi connectivity index (χ1v) is 5.18. The smallest absolute Gasteiger partial charge is 0.204 e. The van der Waals surface area contributed by atoms with Crippen molar-refractivity contribution in [2.75, 3.05) is 0 Å². The molecule has 1 heterocycles. The molecule has 0 fully saturated rings. The molecule has 0 unspecified atom stereocenters. The Morgan fingerprint density at radius 2 is 1.67 bits per heavy atom. The normalized spacial score (nSPS) is 11.1. The third kappa shape index (κ3) is 1.31. The summed E-state index contributed by atoms with van der Waals surface area (Å²) in [4.78, 5) is 12.2. The van der Waals surface area contributed by atoms with Gasteiger partial charge in [-0.2, -0.15) is 0 Å². The molecule has 3 N–H and O–H groups in total. The van der Waals surface area contributed by atoms with Crippen LogP contribution in [0.3, 0.4) is 0 Å². The molecule has 0 saturated carbocycles. The Morgan fingerprint density at radius 1 is 0.944 bits per heavy atom. The van der Waals surface area contributed by atoms with Gasteiger partial charge in [-0.1, -0.05) is 0 Å². The van der Waals surface area contributed by atoms with E-state index in [-0.39, 0.29) is 22.1 Å². The van der Waals surface area contributed by atoms with Crippen LogP contribution in [-0.2, 0) is 0 Å². The highest BCUT2D eigenvalue weighted by Crippen LogP contribution is 2.33. The monoisotopic (exact) mass is 244 g/mol. The van der Waals surface area contributed by atoms with Crippen LogP contribution in [-0.4, -0.2) is 15.3 Å². The summed E-state index contributed by atoms with van der Waals surface area (Å²) in [6.07, 6.45) is 0. The van der Waals surface area contributed by atoms with Gasteiger partial charge in [0.1, 0.15) is 22.3 Å². The zero-order valence-corrected chi connectivity index (χ0v) is 9.04. The Bertz CT molecular complexity index is 832. The molecule has 18 heavy (non-hydrogen) atoms. The van der Waals surface area contributed by atoms with Gasteiger partial charge in [0.2, 0.25) is 5.43 Å². The molecule has 90 valence electrons. The first-order chi connectivity index (χ1) is 8.58. The third-order valence-electron chi connectivity index (χ3n) is 2.77. The summed E-state index contributed by atoms with van der Waals surface area (Å²) in [5.41, 5.74) is -0.0283. The van der Waals surface area contributed by atoms with Gasteiger partial charge in [0.15, 0.2) is 11.5 Å². The van der Waals surface area contributed by atoms with E-state index < -0.39 is 16.9 Å². The maximum absolute atomic E-state index is 12.2. The number of rotatable bonds is 0. The van der Waals surface area contributed by atoms with Gasteiger partial charge >= 0.3 is 0 Å². The first-order valence-electron chi connectivity index (χ1n) is 5.18. The number of benzene rings is 2. The van der Waals surface area contributed by atoms with Crippen molar-refractivity contribution in [3.8, 4) is 17.2 Å². The maximum Gasteiger partial charge on any atom is 0.204 e. The first kappa shape index (κ1) is 10.5. The highest BCUT2D eigenvalue weighted by Gasteiger charge is 2.14. The summed E-state index contributed by atoms with van der Waals surface area (Å²) in [6.45, 7) is 0. The predicted molar refractivity (Wildman–Crippen MR) is 65.0 cm³/mol. The van der Waals surface area contributed by atoms with Crippen molar-refractivity contribution < 1.29 is 19.7 Å². The lowest BCUT2D eigenvalue weighted by atomic mass is 10.1. The summed E-state index contributed by atoms with van der Waals surface area (Å²) < 4.78 is 5.44. The second-order valence-corrected chi connectivity index (χ2v) is 3.92. The van der Waals surface area contributed by atoms with Crippen LogP contribution in [0.5, 0.6) is 17.2 Å². The summed E-state index contributed by atoms with van der Waals surface area (Å²) >= 11 is 0. The van der Waals surface area contributed by atoms with Crippen LogP contribution in [0.25, 0.3) is 21.9 Å².